The van der Waals surface area contributed by atoms with Gasteiger partial charge in [-0.1, -0.05) is 0 Å². The first-order valence-corrected chi connectivity index (χ1v) is 9.29. The highest BCUT2D eigenvalue weighted by atomic mass is 19.4. The lowest BCUT2D eigenvalue weighted by Crippen LogP contribution is -2.24. The summed E-state index contributed by atoms with van der Waals surface area (Å²) < 4.78 is 59.2. The SMILES string of the molecule is CNCc1cc(Oc2ccc3c(ccn3OC(=O)Nc3cc(C(F)(F)F)[nH]n3)c2F)ncn1. The van der Waals surface area contributed by atoms with E-state index in [2.05, 4.69) is 20.4 Å². The maximum absolute atomic E-state index is 14.9. The lowest BCUT2D eigenvalue weighted by molar-refractivity contribution is -0.141. The summed E-state index contributed by atoms with van der Waals surface area (Å²) in [5, 5.41) is 10.1. The predicted octanol–water partition coefficient (Wildman–Crippen LogP) is 3.48. The standard InChI is InChI=1S/C19H15F4N7O3/c1-24-8-10-6-16(26-9-25-10)32-13-3-2-12-11(17(13)20)4-5-30(12)33-18(31)27-15-7-14(28-29-15)19(21,22)23/h2-7,9,24H,8H2,1H3,(H2,27,28,29,31). The summed E-state index contributed by atoms with van der Waals surface area (Å²) in [6.45, 7) is 0.471. The van der Waals surface area contributed by atoms with E-state index < -0.39 is 29.6 Å². The Labute approximate surface area is 182 Å². The van der Waals surface area contributed by atoms with Gasteiger partial charge in [0.25, 0.3) is 0 Å². The van der Waals surface area contributed by atoms with Crippen LogP contribution >= 0.6 is 0 Å². The van der Waals surface area contributed by atoms with Crippen molar-refractivity contribution in [3.8, 4) is 11.6 Å². The number of fused-ring (bicyclic) bond motifs is 1. The number of anilines is 1. The second-order valence-electron chi connectivity index (χ2n) is 6.60. The van der Waals surface area contributed by atoms with Crippen LogP contribution in [0.4, 0.5) is 28.2 Å². The quantitative estimate of drug-likeness (QED) is 0.373. The summed E-state index contributed by atoms with van der Waals surface area (Å²) in [7, 11) is 1.75. The number of ether oxygens (including phenoxy) is 1. The van der Waals surface area contributed by atoms with Crippen molar-refractivity contribution in [2.24, 2.45) is 0 Å². The number of H-pyrrole nitrogens is 1. The molecule has 172 valence electrons. The molecule has 0 spiro atoms. The normalized spacial score (nSPS) is 11.5. The third kappa shape index (κ3) is 4.85. The first-order chi connectivity index (χ1) is 15.7. The lowest BCUT2D eigenvalue weighted by Gasteiger charge is -2.09. The van der Waals surface area contributed by atoms with Crippen LogP contribution in [0.3, 0.4) is 0 Å². The number of nitrogens with zero attached hydrogens (tertiary/aromatic N) is 4. The van der Waals surface area contributed by atoms with Crippen molar-refractivity contribution in [3.05, 3.63) is 60.1 Å². The van der Waals surface area contributed by atoms with E-state index in [-0.39, 0.29) is 22.5 Å². The molecule has 1 amide bonds. The monoisotopic (exact) mass is 465 g/mol. The Morgan fingerprint density at radius 3 is 2.76 bits per heavy atom. The van der Waals surface area contributed by atoms with E-state index in [4.69, 9.17) is 9.57 Å². The smallest absolute Gasteiger partial charge is 0.436 e. The summed E-state index contributed by atoms with van der Waals surface area (Å²) in [6, 6.07) is 6.25. The number of aromatic amines is 1. The van der Waals surface area contributed by atoms with Gasteiger partial charge < -0.3 is 14.9 Å². The van der Waals surface area contributed by atoms with E-state index in [9.17, 15) is 22.4 Å². The Kier molecular flexibility index (Phi) is 5.83. The van der Waals surface area contributed by atoms with Crippen LogP contribution in [0.1, 0.15) is 11.4 Å². The Hall–Kier alpha value is -4.20. The van der Waals surface area contributed by atoms with Crippen molar-refractivity contribution in [2.75, 3.05) is 12.4 Å². The summed E-state index contributed by atoms with van der Waals surface area (Å²) in [5.74, 6) is -1.10. The number of nitrogens with one attached hydrogen (secondary N) is 3. The molecule has 0 bridgehead atoms. The number of hydrogen-bond acceptors (Lipinski definition) is 7. The van der Waals surface area contributed by atoms with Gasteiger partial charge in [0, 0.05) is 30.3 Å². The van der Waals surface area contributed by atoms with Gasteiger partial charge >= 0.3 is 12.3 Å². The molecule has 3 heterocycles. The molecule has 0 aliphatic heterocycles. The molecule has 4 rings (SSSR count). The molecule has 0 aliphatic carbocycles. The van der Waals surface area contributed by atoms with Crippen LogP contribution in [-0.4, -0.2) is 38.0 Å². The molecule has 10 nitrogen and oxygen atoms in total. The number of rotatable bonds is 6. The Bertz CT molecular complexity index is 1300. The van der Waals surface area contributed by atoms with Gasteiger partial charge in [-0.3, -0.25) is 10.4 Å². The number of amides is 1. The van der Waals surface area contributed by atoms with E-state index in [1.165, 1.54) is 30.7 Å². The predicted molar refractivity (Wildman–Crippen MR) is 106 cm³/mol. The van der Waals surface area contributed by atoms with E-state index >= 15 is 0 Å². The van der Waals surface area contributed by atoms with Crippen LogP contribution in [0.15, 0.2) is 42.9 Å². The number of hydrogen-bond donors (Lipinski definition) is 3. The number of alkyl halides is 3. The lowest BCUT2D eigenvalue weighted by atomic mass is 10.2. The minimum Gasteiger partial charge on any atom is -0.436 e. The minimum atomic E-state index is -4.65. The van der Waals surface area contributed by atoms with E-state index in [0.29, 0.717) is 18.3 Å². The zero-order valence-corrected chi connectivity index (χ0v) is 16.8. The fourth-order valence-corrected chi connectivity index (χ4v) is 2.87. The fourth-order valence-electron chi connectivity index (χ4n) is 2.87. The van der Waals surface area contributed by atoms with Crippen molar-refractivity contribution >= 4 is 22.8 Å². The van der Waals surface area contributed by atoms with Crippen molar-refractivity contribution in [3.63, 3.8) is 0 Å². The Morgan fingerprint density at radius 1 is 1.21 bits per heavy atom. The van der Waals surface area contributed by atoms with Gasteiger partial charge in [-0.15, -0.1) is 0 Å². The molecule has 0 fully saturated rings. The maximum Gasteiger partial charge on any atom is 0.437 e. The van der Waals surface area contributed by atoms with Crippen molar-refractivity contribution in [2.45, 2.75) is 12.7 Å². The van der Waals surface area contributed by atoms with Gasteiger partial charge in [0.05, 0.1) is 11.2 Å². The van der Waals surface area contributed by atoms with E-state index in [0.717, 1.165) is 4.73 Å². The largest absolute Gasteiger partial charge is 0.437 e. The van der Waals surface area contributed by atoms with Gasteiger partial charge in [0.15, 0.2) is 17.4 Å². The second-order valence-corrected chi connectivity index (χ2v) is 6.60. The second kappa shape index (κ2) is 8.74. The fraction of sp³-hybridized carbons (Fsp3) is 0.158. The van der Waals surface area contributed by atoms with Crippen LogP contribution in [0.25, 0.3) is 10.9 Å². The summed E-state index contributed by atoms with van der Waals surface area (Å²) in [4.78, 5) is 25.1. The molecular weight excluding hydrogens is 450 g/mol. The molecular formula is C19H15F4N7O3. The molecule has 3 N–H and O–H groups in total. The average Bonchev–Trinajstić information content (AvgIpc) is 3.38. The molecule has 0 radical (unpaired) electrons. The highest BCUT2D eigenvalue weighted by Gasteiger charge is 2.33. The Morgan fingerprint density at radius 2 is 2.03 bits per heavy atom. The van der Waals surface area contributed by atoms with Gasteiger partial charge in [0.2, 0.25) is 5.88 Å². The van der Waals surface area contributed by atoms with E-state index in [1.807, 2.05) is 5.32 Å². The summed E-state index contributed by atoms with van der Waals surface area (Å²) >= 11 is 0. The topological polar surface area (TPSA) is 119 Å². The number of halogens is 4. The van der Waals surface area contributed by atoms with Gasteiger partial charge in [-0.25, -0.2) is 19.2 Å². The van der Waals surface area contributed by atoms with Crippen LogP contribution in [0, 0.1) is 5.82 Å². The third-order valence-corrected chi connectivity index (χ3v) is 4.30. The number of benzene rings is 1. The van der Waals surface area contributed by atoms with E-state index in [1.54, 1.807) is 18.2 Å². The highest BCUT2D eigenvalue weighted by Crippen LogP contribution is 2.30. The highest BCUT2D eigenvalue weighted by molar-refractivity contribution is 5.86. The first kappa shape index (κ1) is 22.0. The summed E-state index contributed by atoms with van der Waals surface area (Å²) in [6.07, 6.45) is -3.23. The molecule has 0 aliphatic rings. The molecule has 0 atom stereocenters. The van der Waals surface area contributed by atoms with Crippen molar-refractivity contribution in [1.82, 2.24) is 30.2 Å². The zero-order valence-electron chi connectivity index (χ0n) is 16.8. The molecule has 14 heteroatoms. The molecule has 3 aromatic heterocycles. The van der Waals surface area contributed by atoms with Crippen LogP contribution in [0.2, 0.25) is 0 Å². The number of aromatic nitrogens is 5. The van der Waals surface area contributed by atoms with Gasteiger partial charge in [0.1, 0.15) is 12.0 Å². The van der Waals surface area contributed by atoms with Crippen molar-refractivity contribution in [1.29, 1.82) is 0 Å². The van der Waals surface area contributed by atoms with Crippen LogP contribution < -0.4 is 20.2 Å². The molecule has 0 saturated heterocycles. The molecule has 0 saturated carbocycles. The van der Waals surface area contributed by atoms with Gasteiger partial charge in [-0.2, -0.15) is 23.0 Å². The molecule has 0 unspecified atom stereocenters. The number of carbonyl (C=O) groups is 1. The molecule has 33 heavy (non-hydrogen) atoms. The van der Waals surface area contributed by atoms with Crippen LogP contribution in [0.5, 0.6) is 11.6 Å². The first-order valence-electron chi connectivity index (χ1n) is 9.29. The Balaban J connectivity index is 1.49. The number of carbonyl (C=O) groups excluding carboxylic acids is 1. The minimum absolute atomic E-state index is 0.0731. The molecule has 1 aromatic carbocycles. The van der Waals surface area contributed by atoms with Crippen molar-refractivity contribution < 1.29 is 31.9 Å². The average molecular weight is 465 g/mol. The maximum atomic E-state index is 14.9. The third-order valence-electron chi connectivity index (χ3n) is 4.30. The van der Waals surface area contributed by atoms with Crippen LogP contribution in [-0.2, 0) is 12.7 Å². The van der Waals surface area contributed by atoms with Gasteiger partial charge in [-0.05, 0) is 25.2 Å². The molecule has 4 aromatic rings. The zero-order chi connectivity index (χ0) is 23.6. The summed E-state index contributed by atoms with van der Waals surface area (Å²) in [5.41, 5.74) is -0.319.